The van der Waals surface area contributed by atoms with Crippen LogP contribution in [0.15, 0.2) is 24.8 Å². The average molecular weight is 206 g/mol. The summed E-state index contributed by atoms with van der Waals surface area (Å²) in [4.78, 5) is 0. The van der Waals surface area contributed by atoms with E-state index in [-0.39, 0.29) is 0 Å². The predicted octanol–water partition coefficient (Wildman–Crippen LogP) is 4.97. The minimum atomic E-state index is 0.876. The second kappa shape index (κ2) is 6.87. The largest absolute Gasteiger partial charge is 0.103 e. The molecule has 1 aliphatic carbocycles. The van der Waals surface area contributed by atoms with Gasteiger partial charge in [0.2, 0.25) is 0 Å². The van der Waals surface area contributed by atoms with Gasteiger partial charge in [0, 0.05) is 0 Å². The molecule has 0 heterocycles. The molecular weight excluding hydrogens is 180 g/mol. The fourth-order valence-electron chi connectivity index (χ4n) is 2.62. The Bertz CT molecular complexity index is 202. The van der Waals surface area contributed by atoms with Crippen LogP contribution >= 0.6 is 0 Å². The van der Waals surface area contributed by atoms with Crippen molar-refractivity contribution < 1.29 is 0 Å². The van der Waals surface area contributed by atoms with Gasteiger partial charge < -0.3 is 0 Å². The first kappa shape index (κ1) is 12.5. The Morgan fingerprint density at radius 3 is 2.80 bits per heavy atom. The van der Waals surface area contributed by atoms with Crippen LogP contribution in [0.5, 0.6) is 0 Å². The van der Waals surface area contributed by atoms with E-state index in [2.05, 4.69) is 38.7 Å². The number of hydrogen-bond acceptors (Lipinski definition) is 0. The standard InChI is InChI=1S/C15H26/c1-4-9-15(12-13(3)5-2)14-10-7-6-8-11-14/h4,6-7,13-15H,1,5,8-12H2,2-3H3. The van der Waals surface area contributed by atoms with Gasteiger partial charge in [-0.25, -0.2) is 0 Å². The lowest BCUT2D eigenvalue weighted by molar-refractivity contribution is 0.256. The first-order chi connectivity index (χ1) is 7.27. The molecule has 3 unspecified atom stereocenters. The van der Waals surface area contributed by atoms with Crippen molar-refractivity contribution in [1.82, 2.24) is 0 Å². The van der Waals surface area contributed by atoms with E-state index >= 15 is 0 Å². The van der Waals surface area contributed by atoms with E-state index in [4.69, 9.17) is 0 Å². The van der Waals surface area contributed by atoms with Crippen LogP contribution in [0.3, 0.4) is 0 Å². The summed E-state index contributed by atoms with van der Waals surface area (Å²) in [6, 6.07) is 0. The van der Waals surface area contributed by atoms with Crippen LogP contribution in [0.4, 0.5) is 0 Å². The molecule has 3 atom stereocenters. The van der Waals surface area contributed by atoms with Crippen LogP contribution in [0.2, 0.25) is 0 Å². The quantitative estimate of drug-likeness (QED) is 0.538. The van der Waals surface area contributed by atoms with Crippen LogP contribution in [0.25, 0.3) is 0 Å². The monoisotopic (exact) mass is 206 g/mol. The van der Waals surface area contributed by atoms with E-state index in [0.29, 0.717) is 0 Å². The summed E-state index contributed by atoms with van der Waals surface area (Å²) in [7, 11) is 0. The zero-order valence-electron chi connectivity index (χ0n) is 10.4. The molecule has 0 aromatic heterocycles. The lowest BCUT2D eigenvalue weighted by Crippen LogP contribution is -2.18. The molecule has 0 spiro atoms. The Balaban J connectivity index is 2.47. The van der Waals surface area contributed by atoms with E-state index in [0.717, 1.165) is 17.8 Å². The summed E-state index contributed by atoms with van der Waals surface area (Å²) in [5, 5.41) is 0. The van der Waals surface area contributed by atoms with E-state index in [1.165, 1.54) is 38.5 Å². The molecular formula is C15H26. The molecule has 0 N–H and O–H groups in total. The van der Waals surface area contributed by atoms with Crippen LogP contribution < -0.4 is 0 Å². The first-order valence-corrected chi connectivity index (χ1v) is 6.53. The molecule has 0 aromatic carbocycles. The lowest BCUT2D eigenvalue weighted by Gasteiger charge is -2.29. The fourth-order valence-corrected chi connectivity index (χ4v) is 2.62. The topological polar surface area (TPSA) is 0 Å². The highest BCUT2D eigenvalue weighted by Gasteiger charge is 2.21. The summed E-state index contributed by atoms with van der Waals surface area (Å²) in [6.45, 7) is 8.60. The molecule has 0 amide bonds. The van der Waals surface area contributed by atoms with E-state index in [1.807, 2.05) is 0 Å². The van der Waals surface area contributed by atoms with Crippen LogP contribution in [0.1, 0.15) is 52.4 Å². The average Bonchev–Trinajstić information content (AvgIpc) is 2.29. The molecule has 1 rings (SSSR count). The Morgan fingerprint density at radius 1 is 1.47 bits per heavy atom. The predicted molar refractivity (Wildman–Crippen MR) is 68.9 cm³/mol. The van der Waals surface area contributed by atoms with Crippen molar-refractivity contribution >= 4 is 0 Å². The van der Waals surface area contributed by atoms with Crippen molar-refractivity contribution in [3.8, 4) is 0 Å². The molecule has 0 aliphatic heterocycles. The maximum Gasteiger partial charge on any atom is -0.0319 e. The van der Waals surface area contributed by atoms with Gasteiger partial charge in [0.25, 0.3) is 0 Å². The van der Waals surface area contributed by atoms with Gasteiger partial charge in [0.15, 0.2) is 0 Å². The van der Waals surface area contributed by atoms with Crippen molar-refractivity contribution in [2.75, 3.05) is 0 Å². The fraction of sp³-hybridized carbons (Fsp3) is 0.733. The molecule has 86 valence electrons. The van der Waals surface area contributed by atoms with Gasteiger partial charge in [-0.2, -0.15) is 0 Å². The van der Waals surface area contributed by atoms with Crippen molar-refractivity contribution in [1.29, 1.82) is 0 Å². The maximum absolute atomic E-state index is 3.91. The molecule has 0 saturated carbocycles. The summed E-state index contributed by atoms with van der Waals surface area (Å²) in [5.74, 6) is 2.67. The van der Waals surface area contributed by atoms with Crippen molar-refractivity contribution in [2.45, 2.75) is 52.4 Å². The number of rotatable bonds is 6. The van der Waals surface area contributed by atoms with E-state index in [1.54, 1.807) is 0 Å². The third-order valence-corrected chi connectivity index (χ3v) is 3.85. The molecule has 1 aliphatic rings. The van der Waals surface area contributed by atoms with E-state index in [9.17, 15) is 0 Å². The Labute approximate surface area is 95.5 Å². The molecule has 0 saturated heterocycles. The Hall–Kier alpha value is -0.520. The summed E-state index contributed by atoms with van der Waals surface area (Å²) < 4.78 is 0. The second-order valence-electron chi connectivity index (χ2n) is 5.08. The van der Waals surface area contributed by atoms with Gasteiger partial charge in [-0.15, -0.1) is 6.58 Å². The molecule has 0 bridgehead atoms. The first-order valence-electron chi connectivity index (χ1n) is 6.53. The van der Waals surface area contributed by atoms with Crippen molar-refractivity contribution in [2.24, 2.45) is 17.8 Å². The van der Waals surface area contributed by atoms with Gasteiger partial charge >= 0.3 is 0 Å². The zero-order valence-corrected chi connectivity index (χ0v) is 10.4. The zero-order chi connectivity index (χ0) is 11.1. The molecule has 0 radical (unpaired) electrons. The highest BCUT2D eigenvalue weighted by Crippen LogP contribution is 2.33. The van der Waals surface area contributed by atoms with E-state index < -0.39 is 0 Å². The highest BCUT2D eigenvalue weighted by molar-refractivity contribution is 4.93. The Morgan fingerprint density at radius 2 is 2.27 bits per heavy atom. The highest BCUT2D eigenvalue weighted by atomic mass is 14.3. The second-order valence-corrected chi connectivity index (χ2v) is 5.08. The van der Waals surface area contributed by atoms with Gasteiger partial charge in [-0.05, 0) is 49.9 Å². The molecule has 0 heteroatoms. The molecule has 0 fully saturated rings. The Kier molecular flexibility index (Phi) is 5.75. The van der Waals surface area contributed by atoms with Crippen molar-refractivity contribution in [3.63, 3.8) is 0 Å². The summed E-state index contributed by atoms with van der Waals surface area (Å²) in [5.41, 5.74) is 0. The molecule has 0 nitrogen and oxygen atoms in total. The van der Waals surface area contributed by atoms with Crippen molar-refractivity contribution in [3.05, 3.63) is 24.8 Å². The molecule has 15 heavy (non-hydrogen) atoms. The minimum absolute atomic E-state index is 0.876. The minimum Gasteiger partial charge on any atom is -0.103 e. The smallest absolute Gasteiger partial charge is 0.0319 e. The normalized spacial score (nSPS) is 24.8. The van der Waals surface area contributed by atoms with Gasteiger partial charge in [-0.3, -0.25) is 0 Å². The SMILES string of the molecule is C=CCC(CC(C)CC)C1CC=CCC1. The molecule has 0 aromatic rings. The number of hydrogen-bond donors (Lipinski definition) is 0. The van der Waals surface area contributed by atoms with Gasteiger partial charge in [0.05, 0.1) is 0 Å². The lowest BCUT2D eigenvalue weighted by atomic mass is 9.76. The maximum atomic E-state index is 3.91. The summed E-state index contributed by atoms with van der Waals surface area (Å²) >= 11 is 0. The third kappa shape index (κ3) is 4.24. The van der Waals surface area contributed by atoms with Gasteiger partial charge in [-0.1, -0.05) is 38.5 Å². The third-order valence-electron chi connectivity index (χ3n) is 3.85. The van der Waals surface area contributed by atoms with Crippen LogP contribution in [-0.4, -0.2) is 0 Å². The number of allylic oxidation sites excluding steroid dienone is 3. The summed E-state index contributed by atoms with van der Waals surface area (Å²) in [6.07, 6.45) is 14.7. The van der Waals surface area contributed by atoms with Crippen LogP contribution in [0, 0.1) is 17.8 Å². The van der Waals surface area contributed by atoms with Gasteiger partial charge in [0.1, 0.15) is 0 Å². The van der Waals surface area contributed by atoms with Crippen LogP contribution in [-0.2, 0) is 0 Å².